The molecule has 92 valence electrons. The summed E-state index contributed by atoms with van der Waals surface area (Å²) in [5.74, 6) is -1.60. The summed E-state index contributed by atoms with van der Waals surface area (Å²) in [5.41, 5.74) is 0.768. The number of allylic oxidation sites excluding steroid dienone is 1. The number of rotatable bonds is 2. The van der Waals surface area contributed by atoms with Crippen LogP contribution in [0.2, 0.25) is 0 Å². The van der Waals surface area contributed by atoms with Gasteiger partial charge in [-0.2, -0.15) is 0 Å². The fraction of sp³-hybridized carbons (Fsp3) is 0.545. The van der Waals surface area contributed by atoms with Gasteiger partial charge in [-0.05, 0) is 19.3 Å². The molecule has 2 heterocycles. The molecule has 0 aromatic heterocycles. The van der Waals surface area contributed by atoms with Gasteiger partial charge in [0.1, 0.15) is 12.1 Å². The molecule has 17 heavy (non-hydrogen) atoms. The van der Waals surface area contributed by atoms with Crippen molar-refractivity contribution in [3.05, 3.63) is 11.8 Å². The maximum absolute atomic E-state index is 12.1. The SMILES string of the molecule is CC(=O)N[C@@H]1CC=C2CC[C@H](C(=O)O)N2C1=O. The average Bonchev–Trinajstić information content (AvgIpc) is 2.66. The first kappa shape index (κ1) is 11.6. The number of nitrogens with one attached hydrogen (secondary N) is 1. The summed E-state index contributed by atoms with van der Waals surface area (Å²) in [6, 6.07) is -1.42. The highest BCUT2D eigenvalue weighted by Crippen LogP contribution is 2.32. The van der Waals surface area contributed by atoms with E-state index in [1.54, 1.807) is 0 Å². The number of fused-ring (bicyclic) bond motifs is 1. The Labute approximate surface area is 98.3 Å². The molecule has 2 rings (SSSR count). The van der Waals surface area contributed by atoms with Crippen LogP contribution in [0.15, 0.2) is 11.8 Å². The standard InChI is InChI=1S/C11H14N2O4/c1-6(14)12-8-4-2-7-3-5-9(11(16)17)13(7)10(8)15/h2,8-9H,3-5H2,1H3,(H,12,14)(H,16,17)/t8-,9-/m1/s1. The zero-order chi connectivity index (χ0) is 12.6. The lowest BCUT2D eigenvalue weighted by Gasteiger charge is -2.31. The van der Waals surface area contributed by atoms with Crippen molar-refractivity contribution < 1.29 is 19.5 Å². The summed E-state index contributed by atoms with van der Waals surface area (Å²) in [6.45, 7) is 1.34. The molecule has 1 saturated heterocycles. The number of amides is 2. The molecule has 1 fully saturated rings. The second-order valence-electron chi connectivity index (χ2n) is 4.29. The molecule has 0 bridgehead atoms. The molecule has 0 aromatic rings. The van der Waals surface area contributed by atoms with E-state index in [0.29, 0.717) is 19.3 Å². The van der Waals surface area contributed by atoms with E-state index in [1.807, 2.05) is 6.08 Å². The topological polar surface area (TPSA) is 86.7 Å². The fourth-order valence-electron chi connectivity index (χ4n) is 2.35. The van der Waals surface area contributed by atoms with Crippen molar-refractivity contribution in [2.24, 2.45) is 0 Å². The van der Waals surface area contributed by atoms with E-state index in [1.165, 1.54) is 11.8 Å². The molecule has 0 aliphatic carbocycles. The van der Waals surface area contributed by atoms with Gasteiger partial charge >= 0.3 is 5.97 Å². The summed E-state index contributed by atoms with van der Waals surface area (Å²) >= 11 is 0. The number of carboxylic acid groups (broad SMARTS) is 1. The van der Waals surface area contributed by atoms with Crippen LogP contribution in [0.25, 0.3) is 0 Å². The van der Waals surface area contributed by atoms with Gasteiger partial charge in [-0.25, -0.2) is 4.79 Å². The molecule has 0 radical (unpaired) electrons. The number of nitrogens with zero attached hydrogens (tertiary/aromatic N) is 1. The smallest absolute Gasteiger partial charge is 0.326 e. The van der Waals surface area contributed by atoms with Crippen LogP contribution in [0.3, 0.4) is 0 Å². The van der Waals surface area contributed by atoms with Crippen LogP contribution < -0.4 is 5.32 Å². The van der Waals surface area contributed by atoms with Gasteiger partial charge in [0.25, 0.3) is 0 Å². The highest BCUT2D eigenvalue weighted by atomic mass is 16.4. The molecule has 0 aromatic carbocycles. The van der Waals surface area contributed by atoms with Gasteiger partial charge in [-0.3, -0.25) is 9.59 Å². The lowest BCUT2D eigenvalue weighted by Crippen LogP contribution is -2.52. The first-order valence-corrected chi connectivity index (χ1v) is 5.52. The number of carboxylic acids is 1. The molecule has 2 aliphatic rings. The van der Waals surface area contributed by atoms with Crippen molar-refractivity contribution >= 4 is 17.8 Å². The van der Waals surface area contributed by atoms with Gasteiger partial charge in [0.2, 0.25) is 11.8 Å². The van der Waals surface area contributed by atoms with Gasteiger partial charge in [0.05, 0.1) is 0 Å². The quantitative estimate of drug-likeness (QED) is 0.700. The van der Waals surface area contributed by atoms with Crippen molar-refractivity contribution in [2.45, 2.75) is 38.3 Å². The summed E-state index contributed by atoms with van der Waals surface area (Å²) in [4.78, 5) is 35.3. The third-order valence-electron chi connectivity index (χ3n) is 3.08. The van der Waals surface area contributed by atoms with Crippen molar-refractivity contribution in [3.63, 3.8) is 0 Å². The van der Waals surface area contributed by atoms with Crippen molar-refractivity contribution in [1.29, 1.82) is 0 Å². The molecule has 0 unspecified atom stereocenters. The number of aliphatic carboxylic acids is 1. The van der Waals surface area contributed by atoms with E-state index in [9.17, 15) is 14.4 Å². The lowest BCUT2D eigenvalue weighted by molar-refractivity contribution is -0.148. The Balaban J connectivity index is 2.21. The highest BCUT2D eigenvalue weighted by Gasteiger charge is 2.42. The van der Waals surface area contributed by atoms with Gasteiger partial charge < -0.3 is 15.3 Å². The first-order valence-electron chi connectivity index (χ1n) is 5.52. The minimum Gasteiger partial charge on any atom is -0.480 e. The molecule has 2 atom stereocenters. The zero-order valence-corrected chi connectivity index (χ0v) is 9.47. The van der Waals surface area contributed by atoms with Crippen LogP contribution in [-0.4, -0.2) is 39.9 Å². The van der Waals surface area contributed by atoms with Gasteiger partial charge in [-0.1, -0.05) is 6.08 Å². The number of carbonyl (C=O) groups is 3. The average molecular weight is 238 g/mol. The molecule has 6 nitrogen and oxygen atoms in total. The third kappa shape index (κ3) is 2.02. The lowest BCUT2D eigenvalue weighted by atomic mass is 10.1. The summed E-state index contributed by atoms with van der Waals surface area (Å²) < 4.78 is 0. The zero-order valence-electron chi connectivity index (χ0n) is 9.47. The largest absolute Gasteiger partial charge is 0.480 e. The summed E-state index contributed by atoms with van der Waals surface area (Å²) in [6.07, 6.45) is 3.33. The van der Waals surface area contributed by atoms with Crippen molar-refractivity contribution in [1.82, 2.24) is 10.2 Å². The molecule has 2 N–H and O–H groups in total. The molecular weight excluding hydrogens is 224 g/mol. The van der Waals surface area contributed by atoms with Crippen LogP contribution in [0.5, 0.6) is 0 Å². The van der Waals surface area contributed by atoms with Crippen LogP contribution >= 0.6 is 0 Å². The normalized spacial score (nSPS) is 27.5. The van der Waals surface area contributed by atoms with E-state index < -0.39 is 18.1 Å². The fourth-order valence-corrected chi connectivity index (χ4v) is 2.35. The van der Waals surface area contributed by atoms with Gasteiger partial charge in [0.15, 0.2) is 0 Å². The molecule has 0 spiro atoms. The predicted molar refractivity (Wildman–Crippen MR) is 57.8 cm³/mol. The Morgan fingerprint density at radius 3 is 2.82 bits per heavy atom. The van der Waals surface area contributed by atoms with E-state index in [-0.39, 0.29) is 11.8 Å². The minimum absolute atomic E-state index is 0.286. The van der Waals surface area contributed by atoms with Gasteiger partial charge in [-0.15, -0.1) is 0 Å². The molecular formula is C11H14N2O4. The Kier molecular flexibility index (Phi) is 2.87. The van der Waals surface area contributed by atoms with E-state index >= 15 is 0 Å². The van der Waals surface area contributed by atoms with Crippen LogP contribution in [0.1, 0.15) is 26.2 Å². The highest BCUT2D eigenvalue weighted by molar-refractivity contribution is 5.92. The molecule has 2 amide bonds. The number of carbonyl (C=O) groups excluding carboxylic acids is 2. The first-order chi connectivity index (χ1) is 8.00. The van der Waals surface area contributed by atoms with E-state index in [2.05, 4.69) is 5.32 Å². The third-order valence-corrected chi connectivity index (χ3v) is 3.08. The maximum Gasteiger partial charge on any atom is 0.326 e. The van der Waals surface area contributed by atoms with E-state index in [0.717, 1.165) is 5.70 Å². The second kappa shape index (κ2) is 4.20. The molecule has 0 saturated carbocycles. The Bertz CT molecular complexity index is 416. The van der Waals surface area contributed by atoms with Crippen molar-refractivity contribution in [3.8, 4) is 0 Å². The van der Waals surface area contributed by atoms with Crippen LogP contribution in [0, 0.1) is 0 Å². The van der Waals surface area contributed by atoms with Gasteiger partial charge in [0, 0.05) is 12.6 Å². The summed E-state index contributed by atoms with van der Waals surface area (Å²) in [7, 11) is 0. The number of hydrogen-bond donors (Lipinski definition) is 2. The Morgan fingerprint density at radius 2 is 2.24 bits per heavy atom. The minimum atomic E-state index is -0.995. The maximum atomic E-state index is 12.1. The second-order valence-corrected chi connectivity index (χ2v) is 4.29. The van der Waals surface area contributed by atoms with Crippen LogP contribution in [-0.2, 0) is 14.4 Å². The molecule has 2 aliphatic heterocycles. The summed E-state index contributed by atoms with van der Waals surface area (Å²) in [5, 5.41) is 11.6. The monoisotopic (exact) mass is 238 g/mol. The molecule has 6 heteroatoms. The van der Waals surface area contributed by atoms with E-state index in [4.69, 9.17) is 5.11 Å². The van der Waals surface area contributed by atoms with Crippen LogP contribution in [0.4, 0.5) is 0 Å². The Hall–Kier alpha value is -1.85. The predicted octanol–water partition coefficient (Wildman–Crippen LogP) is -0.146. The van der Waals surface area contributed by atoms with Crippen molar-refractivity contribution in [2.75, 3.05) is 0 Å². The number of hydrogen-bond acceptors (Lipinski definition) is 3. The Morgan fingerprint density at radius 1 is 1.53 bits per heavy atom.